The van der Waals surface area contributed by atoms with Gasteiger partial charge in [-0.15, -0.1) is 11.3 Å². The number of hydrogen-bond donors (Lipinski definition) is 1. The molecule has 1 N–H and O–H groups in total. The average molecular weight is 470 g/mol. The lowest BCUT2D eigenvalue weighted by Crippen LogP contribution is -2.29. The minimum absolute atomic E-state index is 0.0507. The third-order valence-corrected chi connectivity index (χ3v) is 6.57. The van der Waals surface area contributed by atoms with Gasteiger partial charge < -0.3 is 19.3 Å². The van der Waals surface area contributed by atoms with Crippen LogP contribution in [0.5, 0.6) is 17.2 Å². The number of benzene rings is 2. The van der Waals surface area contributed by atoms with Gasteiger partial charge in [-0.2, -0.15) is 0 Å². The highest BCUT2D eigenvalue weighted by Crippen LogP contribution is 2.46. The van der Waals surface area contributed by atoms with Gasteiger partial charge >= 0.3 is 0 Å². The summed E-state index contributed by atoms with van der Waals surface area (Å²) in [5.74, 6) is -0.450. The standard InChI is InChI=1S/C23H16ClNO6S/c1-29-13-5-6-15(24)14(10-13)21(26)19-20(18-3-2-8-32-18)25(23(28)22(19)27)12-4-7-16-17(9-12)31-11-30-16/h2-10,20,26H,11H2,1H3/b21-19-. The molecule has 2 aliphatic heterocycles. The molecule has 0 bridgehead atoms. The first-order chi connectivity index (χ1) is 15.5. The van der Waals surface area contributed by atoms with E-state index >= 15 is 0 Å². The Labute approximate surface area is 192 Å². The van der Waals surface area contributed by atoms with Crippen LogP contribution in [0.4, 0.5) is 5.69 Å². The van der Waals surface area contributed by atoms with E-state index in [4.69, 9.17) is 25.8 Å². The smallest absolute Gasteiger partial charge is 0.300 e. The number of Topliss-reactive ketones (excluding diaryl/α,β-unsaturated/α-hetero) is 1. The number of anilines is 1. The molecule has 3 aromatic rings. The van der Waals surface area contributed by atoms with Crippen molar-refractivity contribution in [1.29, 1.82) is 0 Å². The quantitative estimate of drug-likeness (QED) is 0.337. The van der Waals surface area contributed by atoms with E-state index in [0.29, 0.717) is 27.8 Å². The molecule has 0 aliphatic carbocycles. The lowest BCUT2D eigenvalue weighted by molar-refractivity contribution is -0.132. The first-order valence-electron chi connectivity index (χ1n) is 9.57. The molecule has 162 valence electrons. The number of aliphatic hydroxyl groups excluding tert-OH is 1. The molecular weight excluding hydrogens is 454 g/mol. The maximum Gasteiger partial charge on any atom is 0.300 e. The number of thiophene rings is 1. The van der Waals surface area contributed by atoms with Crippen LogP contribution in [0.2, 0.25) is 5.02 Å². The molecule has 3 heterocycles. The molecule has 32 heavy (non-hydrogen) atoms. The second-order valence-electron chi connectivity index (χ2n) is 7.07. The Hall–Kier alpha value is -3.49. The van der Waals surface area contributed by atoms with Crippen LogP contribution in [-0.2, 0) is 9.59 Å². The number of carbonyl (C=O) groups excluding carboxylic acids is 2. The fourth-order valence-corrected chi connectivity index (χ4v) is 4.84. The molecule has 2 aromatic carbocycles. The van der Waals surface area contributed by atoms with Crippen molar-refractivity contribution in [2.75, 3.05) is 18.8 Å². The summed E-state index contributed by atoms with van der Waals surface area (Å²) in [7, 11) is 1.48. The molecule has 1 unspecified atom stereocenters. The van der Waals surface area contributed by atoms with Crippen molar-refractivity contribution in [1.82, 2.24) is 0 Å². The number of halogens is 1. The number of ether oxygens (including phenoxy) is 3. The maximum absolute atomic E-state index is 13.2. The van der Waals surface area contributed by atoms with Crippen molar-refractivity contribution in [3.63, 3.8) is 0 Å². The molecule has 7 nitrogen and oxygen atoms in total. The van der Waals surface area contributed by atoms with Crippen LogP contribution < -0.4 is 19.1 Å². The Morgan fingerprint density at radius 2 is 1.97 bits per heavy atom. The Balaban J connectivity index is 1.70. The van der Waals surface area contributed by atoms with Crippen molar-refractivity contribution in [3.05, 3.63) is 74.9 Å². The minimum Gasteiger partial charge on any atom is -0.507 e. The number of nitrogens with zero attached hydrogens (tertiary/aromatic N) is 1. The molecule has 1 aromatic heterocycles. The molecule has 0 radical (unpaired) electrons. The number of amides is 1. The SMILES string of the molecule is COc1ccc(Cl)c(/C(O)=C2/C(=O)C(=O)N(c3ccc4c(c3)OCO4)C2c2cccs2)c1. The predicted octanol–water partition coefficient (Wildman–Crippen LogP) is 4.77. The largest absolute Gasteiger partial charge is 0.507 e. The molecule has 0 saturated carbocycles. The molecule has 1 amide bonds. The van der Waals surface area contributed by atoms with Crippen molar-refractivity contribution >= 4 is 46.1 Å². The molecule has 9 heteroatoms. The number of carbonyl (C=O) groups is 2. The summed E-state index contributed by atoms with van der Waals surface area (Å²) in [5, 5.41) is 13.3. The van der Waals surface area contributed by atoms with E-state index in [1.54, 1.807) is 30.3 Å². The van der Waals surface area contributed by atoms with Gasteiger partial charge in [-0.3, -0.25) is 14.5 Å². The zero-order valence-corrected chi connectivity index (χ0v) is 18.3. The van der Waals surface area contributed by atoms with Crippen molar-refractivity contribution in [2.45, 2.75) is 6.04 Å². The third kappa shape index (κ3) is 3.19. The first kappa shape index (κ1) is 20.4. The van der Waals surface area contributed by atoms with Crippen LogP contribution in [0.1, 0.15) is 16.5 Å². The summed E-state index contributed by atoms with van der Waals surface area (Å²) in [5.41, 5.74) is 0.604. The average Bonchev–Trinajstić information content (AvgIpc) is 3.54. The van der Waals surface area contributed by atoms with Gasteiger partial charge in [-0.25, -0.2) is 0 Å². The first-order valence-corrected chi connectivity index (χ1v) is 10.8. The van der Waals surface area contributed by atoms with Gasteiger partial charge in [0.15, 0.2) is 11.5 Å². The summed E-state index contributed by atoms with van der Waals surface area (Å²) >= 11 is 7.68. The molecule has 5 rings (SSSR count). The fourth-order valence-electron chi connectivity index (χ4n) is 3.81. The summed E-state index contributed by atoms with van der Waals surface area (Å²) < 4.78 is 16.0. The number of fused-ring (bicyclic) bond motifs is 1. The van der Waals surface area contributed by atoms with Gasteiger partial charge in [-0.05, 0) is 41.8 Å². The van der Waals surface area contributed by atoms with Crippen LogP contribution in [0.3, 0.4) is 0 Å². The van der Waals surface area contributed by atoms with Crippen LogP contribution in [0, 0.1) is 0 Å². The number of rotatable bonds is 4. The number of hydrogen-bond acceptors (Lipinski definition) is 7. The van der Waals surface area contributed by atoms with Gasteiger partial charge in [0.25, 0.3) is 11.7 Å². The zero-order chi connectivity index (χ0) is 22.4. The van der Waals surface area contributed by atoms with E-state index < -0.39 is 17.7 Å². The van der Waals surface area contributed by atoms with E-state index in [2.05, 4.69) is 0 Å². The molecule has 0 spiro atoms. The fraction of sp³-hybridized carbons (Fsp3) is 0.130. The summed E-state index contributed by atoms with van der Waals surface area (Å²) in [4.78, 5) is 28.4. The number of ketones is 1. The summed E-state index contributed by atoms with van der Waals surface area (Å²) in [6.07, 6.45) is 0. The Kier molecular flexibility index (Phi) is 5.03. The van der Waals surface area contributed by atoms with Crippen molar-refractivity contribution in [3.8, 4) is 17.2 Å². The van der Waals surface area contributed by atoms with Gasteiger partial charge in [0.1, 0.15) is 17.6 Å². The maximum atomic E-state index is 13.2. The Morgan fingerprint density at radius 3 is 2.72 bits per heavy atom. The van der Waals surface area contributed by atoms with E-state index in [0.717, 1.165) is 0 Å². The summed E-state index contributed by atoms with van der Waals surface area (Å²) in [6.45, 7) is 0.0836. The van der Waals surface area contributed by atoms with E-state index in [9.17, 15) is 14.7 Å². The zero-order valence-electron chi connectivity index (χ0n) is 16.7. The normalized spacial score (nSPS) is 18.9. The second kappa shape index (κ2) is 7.89. The molecule has 1 atom stereocenters. The van der Waals surface area contributed by atoms with Gasteiger partial charge in [0.2, 0.25) is 6.79 Å². The van der Waals surface area contributed by atoms with Crippen molar-refractivity contribution in [2.24, 2.45) is 0 Å². The van der Waals surface area contributed by atoms with Crippen LogP contribution in [0.15, 0.2) is 59.5 Å². The Bertz CT molecular complexity index is 1270. The highest BCUT2D eigenvalue weighted by atomic mass is 35.5. The monoisotopic (exact) mass is 469 g/mol. The molecule has 1 fully saturated rings. The predicted molar refractivity (Wildman–Crippen MR) is 120 cm³/mol. The van der Waals surface area contributed by atoms with Crippen LogP contribution >= 0.6 is 22.9 Å². The molecule has 2 aliphatic rings. The lowest BCUT2D eigenvalue weighted by atomic mass is 9.99. The number of methoxy groups -OCH3 is 1. The Morgan fingerprint density at radius 1 is 1.16 bits per heavy atom. The molecular formula is C23H16ClNO6S. The minimum atomic E-state index is -0.836. The highest BCUT2D eigenvalue weighted by molar-refractivity contribution is 7.10. The highest BCUT2D eigenvalue weighted by Gasteiger charge is 2.47. The van der Waals surface area contributed by atoms with Crippen molar-refractivity contribution < 1.29 is 28.9 Å². The van der Waals surface area contributed by atoms with E-state index in [1.807, 2.05) is 17.5 Å². The second-order valence-corrected chi connectivity index (χ2v) is 8.45. The van der Waals surface area contributed by atoms with Gasteiger partial charge in [0.05, 0.1) is 17.7 Å². The van der Waals surface area contributed by atoms with Gasteiger partial charge in [-0.1, -0.05) is 17.7 Å². The van der Waals surface area contributed by atoms with E-state index in [-0.39, 0.29) is 28.7 Å². The third-order valence-electron chi connectivity index (χ3n) is 5.32. The number of aliphatic hydroxyl groups is 1. The van der Waals surface area contributed by atoms with E-state index in [1.165, 1.54) is 29.4 Å². The molecule has 1 saturated heterocycles. The van der Waals surface area contributed by atoms with Crippen LogP contribution in [-0.4, -0.2) is 30.7 Å². The summed E-state index contributed by atoms with van der Waals surface area (Å²) in [6, 6.07) is 12.5. The van der Waals surface area contributed by atoms with Crippen LogP contribution in [0.25, 0.3) is 5.76 Å². The van der Waals surface area contributed by atoms with Gasteiger partial charge in [0, 0.05) is 22.2 Å². The lowest BCUT2D eigenvalue weighted by Gasteiger charge is -2.24. The topological polar surface area (TPSA) is 85.3 Å².